The molecule has 3 heteroatoms. The average molecular weight is 230 g/mol. The van der Waals surface area contributed by atoms with Crippen LogP contribution in [0.4, 0.5) is 0 Å². The SMILES string of the molecule is CC(C=O)Cc1c(C(C)C)nn2ccccc12. The molecule has 3 nitrogen and oxygen atoms in total. The molecule has 0 aromatic carbocycles. The maximum absolute atomic E-state index is 10.8. The van der Waals surface area contributed by atoms with Crippen LogP contribution in [0.1, 0.15) is 37.9 Å². The molecule has 0 aliphatic rings. The second kappa shape index (κ2) is 4.70. The van der Waals surface area contributed by atoms with Gasteiger partial charge in [-0.1, -0.05) is 26.8 Å². The second-order valence-electron chi connectivity index (χ2n) is 4.87. The molecule has 0 saturated carbocycles. The van der Waals surface area contributed by atoms with E-state index in [2.05, 4.69) is 25.0 Å². The monoisotopic (exact) mass is 230 g/mol. The third-order valence-corrected chi connectivity index (χ3v) is 2.98. The van der Waals surface area contributed by atoms with Gasteiger partial charge in [-0.2, -0.15) is 5.10 Å². The third-order valence-electron chi connectivity index (χ3n) is 2.98. The number of rotatable bonds is 4. The van der Waals surface area contributed by atoms with Gasteiger partial charge in [-0.25, -0.2) is 4.52 Å². The van der Waals surface area contributed by atoms with Gasteiger partial charge in [-0.3, -0.25) is 0 Å². The molecule has 0 radical (unpaired) electrons. The quantitative estimate of drug-likeness (QED) is 0.757. The molecule has 90 valence electrons. The fraction of sp³-hybridized carbons (Fsp3) is 0.429. The Bertz CT molecular complexity index is 528. The van der Waals surface area contributed by atoms with Gasteiger partial charge in [0.2, 0.25) is 0 Å². The summed E-state index contributed by atoms with van der Waals surface area (Å²) in [6, 6.07) is 6.04. The lowest BCUT2D eigenvalue weighted by molar-refractivity contribution is -0.110. The van der Waals surface area contributed by atoms with Gasteiger partial charge in [0.05, 0.1) is 11.2 Å². The summed E-state index contributed by atoms with van der Waals surface area (Å²) in [5.41, 5.74) is 3.43. The van der Waals surface area contributed by atoms with E-state index < -0.39 is 0 Å². The zero-order valence-corrected chi connectivity index (χ0v) is 10.6. The summed E-state index contributed by atoms with van der Waals surface area (Å²) in [6.07, 6.45) is 3.73. The van der Waals surface area contributed by atoms with Crippen LogP contribution in [-0.2, 0) is 11.2 Å². The van der Waals surface area contributed by atoms with Crippen LogP contribution >= 0.6 is 0 Å². The highest BCUT2D eigenvalue weighted by Crippen LogP contribution is 2.24. The Hall–Kier alpha value is -1.64. The molecular weight excluding hydrogens is 212 g/mol. The van der Waals surface area contributed by atoms with Gasteiger partial charge in [-0.15, -0.1) is 0 Å². The minimum absolute atomic E-state index is 0.0423. The highest BCUT2D eigenvalue weighted by Gasteiger charge is 2.16. The Labute approximate surface area is 101 Å². The molecule has 1 atom stereocenters. The highest BCUT2D eigenvalue weighted by molar-refractivity contribution is 5.60. The van der Waals surface area contributed by atoms with Gasteiger partial charge >= 0.3 is 0 Å². The van der Waals surface area contributed by atoms with Crippen LogP contribution in [0.5, 0.6) is 0 Å². The molecule has 0 bridgehead atoms. The van der Waals surface area contributed by atoms with Gasteiger partial charge in [-0.05, 0) is 24.5 Å². The van der Waals surface area contributed by atoms with E-state index in [0.717, 1.165) is 23.9 Å². The van der Waals surface area contributed by atoms with Crippen molar-refractivity contribution in [2.24, 2.45) is 5.92 Å². The van der Waals surface area contributed by atoms with Crippen LogP contribution < -0.4 is 0 Å². The first-order chi connectivity index (χ1) is 8.13. The summed E-state index contributed by atoms with van der Waals surface area (Å²) in [6.45, 7) is 6.22. The molecule has 0 amide bonds. The summed E-state index contributed by atoms with van der Waals surface area (Å²) in [5, 5.41) is 4.60. The van der Waals surface area contributed by atoms with E-state index in [1.165, 1.54) is 5.56 Å². The zero-order chi connectivity index (χ0) is 12.4. The number of fused-ring (bicyclic) bond motifs is 1. The highest BCUT2D eigenvalue weighted by atomic mass is 16.1. The minimum Gasteiger partial charge on any atom is -0.303 e. The topological polar surface area (TPSA) is 34.4 Å². The molecule has 0 aliphatic heterocycles. The minimum atomic E-state index is 0.0423. The van der Waals surface area contributed by atoms with Gasteiger partial charge in [0, 0.05) is 17.7 Å². The first-order valence-electron chi connectivity index (χ1n) is 6.05. The van der Waals surface area contributed by atoms with Crippen molar-refractivity contribution in [3.63, 3.8) is 0 Å². The molecular formula is C14H18N2O. The summed E-state index contributed by atoms with van der Waals surface area (Å²) in [4.78, 5) is 10.8. The van der Waals surface area contributed by atoms with Crippen molar-refractivity contribution < 1.29 is 4.79 Å². The van der Waals surface area contributed by atoms with Crippen molar-refractivity contribution in [2.45, 2.75) is 33.1 Å². The van der Waals surface area contributed by atoms with Gasteiger partial charge in [0.25, 0.3) is 0 Å². The Morgan fingerprint density at radius 1 is 1.35 bits per heavy atom. The van der Waals surface area contributed by atoms with Crippen LogP contribution in [-0.4, -0.2) is 15.9 Å². The number of hydrogen-bond donors (Lipinski definition) is 0. The molecule has 1 unspecified atom stereocenters. The van der Waals surface area contributed by atoms with Crippen LogP contribution in [0.2, 0.25) is 0 Å². The first kappa shape index (κ1) is 11.8. The standard InChI is InChI=1S/C14H18N2O/c1-10(2)14-12(8-11(3)9-17)13-6-4-5-7-16(13)15-14/h4-7,9-11H,8H2,1-3H3. The number of hydrogen-bond acceptors (Lipinski definition) is 2. The molecule has 0 fully saturated rings. The van der Waals surface area contributed by atoms with Crippen molar-refractivity contribution in [1.29, 1.82) is 0 Å². The van der Waals surface area contributed by atoms with E-state index in [0.29, 0.717) is 5.92 Å². The van der Waals surface area contributed by atoms with Gasteiger partial charge < -0.3 is 4.79 Å². The number of carbonyl (C=O) groups excluding carboxylic acids is 1. The van der Waals surface area contributed by atoms with Crippen LogP contribution in [0.25, 0.3) is 5.52 Å². The molecule has 0 aliphatic carbocycles. The number of carbonyl (C=O) groups is 1. The molecule has 0 spiro atoms. The number of aromatic nitrogens is 2. The fourth-order valence-corrected chi connectivity index (χ4v) is 2.11. The molecule has 2 heterocycles. The fourth-order valence-electron chi connectivity index (χ4n) is 2.11. The van der Waals surface area contributed by atoms with Crippen LogP contribution in [0, 0.1) is 5.92 Å². The van der Waals surface area contributed by atoms with E-state index >= 15 is 0 Å². The van der Waals surface area contributed by atoms with Crippen LogP contribution in [0.3, 0.4) is 0 Å². The average Bonchev–Trinajstić information content (AvgIpc) is 2.68. The van der Waals surface area contributed by atoms with E-state index in [9.17, 15) is 4.79 Å². The largest absolute Gasteiger partial charge is 0.303 e. The van der Waals surface area contributed by atoms with Crippen molar-refractivity contribution in [3.05, 3.63) is 35.7 Å². The maximum Gasteiger partial charge on any atom is 0.123 e. The molecule has 0 N–H and O–H groups in total. The van der Waals surface area contributed by atoms with E-state index in [4.69, 9.17) is 0 Å². The summed E-state index contributed by atoms with van der Waals surface area (Å²) < 4.78 is 1.90. The molecule has 2 aromatic rings. The Kier molecular flexibility index (Phi) is 3.27. The Balaban J connectivity index is 2.55. The van der Waals surface area contributed by atoms with E-state index in [1.54, 1.807) is 0 Å². The molecule has 2 aromatic heterocycles. The predicted molar refractivity (Wildman–Crippen MR) is 68.2 cm³/mol. The molecule has 2 rings (SSSR count). The second-order valence-corrected chi connectivity index (χ2v) is 4.87. The third kappa shape index (κ3) is 2.23. The summed E-state index contributed by atoms with van der Waals surface area (Å²) >= 11 is 0. The summed E-state index contributed by atoms with van der Waals surface area (Å²) in [5.74, 6) is 0.421. The van der Waals surface area contributed by atoms with E-state index in [1.807, 2.05) is 29.8 Å². The Morgan fingerprint density at radius 2 is 2.12 bits per heavy atom. The predicted octanol–water partition coefficient (Wildman–Crippen LogP) is 2.84. The van der Waals surface area contributed by atoms with Gasteiger partial charge in [0.1, 0.15) is 6.29 Å². The van der Waals surface area contributed by atoms with Crippen molar-refractivity contribution in [1.82, 2.24) is 9.61 Å². The van der Waals surface area contributed by atoms with Crippen LogP contribution in [0.15, 0.2) is 24.4 Å². The van der Waals surface area contributed by atoms with Crippen molar-refractivity contribution in [2.75, 3.05) is 0 Å². The number of aldehydes is 1. The van der Waals surface area contributed by atoms with Crippen molar-refractivity contribution in [3.8, 4) is 0 Å². The number of pyridine rings is 1. The Morgan fingerprint density at radius 3 is 2.76 bits per heavy atom. The normalized spacial score (nSPS) is 13.2. The lowest BCUT2D eigenvalue weighted by Gasteiger charge is -2.07. The first-order valence-corrected chi connectivity index (χ1v) is 6.05. The zero-order valence-electron chi connectivity index (χ0n) is 10.6. The maximum atomic E-state index is 10.8. The number of nitrogens with zero attached hydrogens (tertiary/aromatic N) is 2. The lowest BCUT2D eigenvalue weighted by atomic mass is 9.96. The molecule has 0 saturated heterocycles. The van der Waals surface area contributed by atoms with Crippen molar-refractivity contribution >= 4 is 11.8 Å². The van der Waals surface area contributed by atoms with Gasteiger partial charge in [0.15, 0.2) is 0 Å². The smallest absolute Gasteiger partial charge is 0.123 e. The summed E-state index contributed by atoms with van der Waals surface area (Å²) in [7, 11) is 0. The lowest BCUT2D eigenvalue weighted by Crippen LogP contribution is -2.03. The molecule has 17 heavy (non-hydrogen) atoms. The van der Waals surface area contributed by atoms with E-state index in [-0.39, 0.29) is 5.92 Å².